The Hall–Kier alpha value is -0.910. The van der Waals surface area contributed by atoms with E-state index in [1.54, 1.807) is 0 Å². The van der Waals surface area contributed by atoms with Crippen molar-refractivity contribution in [1.29, 1.82) is 0 Å². The molecule has 104 valence electrons. The fourth-order valence-electron chi connectivity index (χ4n) is 2.32. The van der Waals surface area contributed by atoms with Crippen LogP contribution >= 0.6 is 15.9 Å². The van der Waals surface area contributed by atoms with Gasteiger partial charge in [0.25, 0.3) is 0 Å². The highest BCUT2D eigenvalue weighted by Crippen LogP contribution is 2.19. The Morgan fingerprint density at radius 3 is 3.05 bits per heavy atom. The van der Waals surface area contributed by atoms with Crippen molar-refractivity contribution >= 4 is 27.5 Å². The summed E-state index contributed by atoms with van der Waals surface area (Å²) < 4.78 is 1.03. The predicted molar refractivity (Wildman–Crippen MR) is 81.4 cm³/mol. The first-order chi connectivity index (χ1) is 9.04. The van der Waals surface area contributed by atoms with Crippen molar-refractivity contribution in [1.82, 2.24) is 10.2 Å². The third-order valence-corrected chi connectivity index (χ3v) is 3.78. The molecular formula is C14H20BrN3O. The molecule has 2 rings (SSSR count). The van der Waals surface area contributed by atoms with Gasteiger partial charge in [-0.15, -0.1) is 0 Å². The van der Waals surface area contributed by atoms with E-state index in [9.17, 15) is 4.79 Å². The molecule has 1 fully saturated rings. The van der Waals surface area contributed by atoms with E-state index in [1.165, 1.54) is 0 Å². The van der Waals surface area contributed by atoms with Crippen molar-refractivity contribution in [3.8, 4) is 0 Å². The van der Waals surface area contributed by atoms with E-state index in [4.69, 9.17) is 0 Å². The second-order valence-electron chi connectivity index (χ2n) is 5.10. The standard InChI is InChI=1S/C14H20BrN3O/c1-10-7-12(15)3-4-13(10)17-14(19)9-18-6-5-16-11(2)8-18/h3-4,7,11,16H,5-6,8-9H2,1-2H3,(H,17,19)/t11-/m1/s1. The Morgan fingerprint density at radius 1 is 1.58 bits per heavy atom. The van der Waals surface area contributed by atoms with Crippen LogP contribution in [0.5, 0.6) is 0 Å². The van der Waals surface area contributed by atoms with Crippen LogP contribution in [-0.2, 0) is 4.79 Å². The molecule has 19 heavy (non-hydrogen) atoms. The highest BCUT2D eigenvalue weighted by atomic mass is 79.9. The van der Waals surface area contributed by atoms with Gasteiger partial charge in [0.2, 0.25) is 5.91 Å². The van der Waals surface area contributed by atoms with Gasteiger partial charge in [-0.3, -0.25) is 9.69 Å². The molecule has 1 atom stereocenters. The predicted octanol–water partition coefficient (Wildman–Crippen LogP) is 1.99. The molecule has 0 unspecified atom stereocenters. The zero-order chi connectivity index (χ0) is 13.8. The van der Waals surface area contributed by atoms with Gasteiger partial charge in [-0.1, -0.05) is 15.9 Å². The van der Waals surface area contributed by atoms with Gasteiger partial charge in [0, 0.05) is 35.8 Å². The summed E-state index contributed by atoms with van der Waals surface area (Å²) in [6, 6.07) is 6.33. The van der Waals surface area contributed by atoms with Crippen molar-refractivity contribution in [2.75, 3.05) is 31.5 Å². The summed E-state index contributed by atoms with van der Waals surface area (Å²) >= 11 is 3.42. The van der Waals surface area contributed by atoms with Gasteiger partial charge in [-0.2, -0.15) is 0 Å². The number of hydrogen-bond donors (Lipinski definition) is 2. The number of nitrogens with zero attached hydrogens (tertiary/aromatic N) is 1. The fourth-order valence-corrected chi connectivity index (χ4v) is 2.79. The smallest absolute Gasteiger partial charge is 0.238 e. The van der Waals surface area contributed by atoms with Crippen LogP contribution < -0.4 is 10.6 Å². The van der Waals surface area contributed by atoms with Crippen molar-refractivity contribution in [3.05, 3.63) is 28.2 Å². The molecule has 2 N–H and O–H groups in total. The number of carbonyl (C=O) groups excluding carboxylic acids is 1. The number of aryl methyl sites for hydroxylation is 1. The summed E-state index contributed by atoms with van der Waals surface area (Å²) in [5.41, 5.74) is 1.95. The lowest BCUT2D eigenvalue weighted by Crippen LogP contribution is -2.51. The zero-order valence-corrected chi connectivity index (χ0v) is 13.0. The molecule has 4 nitrogen and oxygen atoms in total. The van der Waals surface area contributed by atoms with E-state index in [1.807, 2.05) is 25.1 Å². The van der Waals surface area contributed by atoms with Gasteiger partial charge >= 0.3 is 0 Å². The number of anilines is 1. The highest BCUT2D eigenvalue weighted by molar-refractivity contribution is 9.10. The fraction of sp³-hybridized carbons (Fsp3) is 0.500. The average molecular weight is 326 g/mol. The molecule has 0 spiro atoms. The number of carbonyl (C=O) groups is 1. The van der Waals surface area contributed by atoms with Crippen LogP contribution in [0.4, 0.5) is 5.69 Å². The van der Waals surface area contributed by atoms with E-state index in [0.717, 1.165) is 35.4 Å². The summed E-state index contributed by atoms with van der Waals surface area (Å²) in [6.45, 7) is 7.40. The van der Waals surface area contributed by atoms with Gasteiger partial charge in [-0.05, 0) is 37.6 Å². The lowest BCUT2D eigenvalue weighted by Gasteiger charge is -2.31. The number of halogens is 1. The monoisotopic (exact) mass is 325 g/mol. The molecule has 1 aliphatic heterocycles. The number of nitrogens with one attached hydrogen (secondary N) is 2. The summed E-state index contributed by atoms with van der Waals surface area (Å²) in [6.07, 6.45) is 0. The minimum atomic E-state index is 0.0551. The van der Waals surface area contributed by atoms with Crippen molar-refractivity contribution in [3.63, 3.8) is 0 Å². The molecule has 0 aliphatic carbocycles. The maximum Gasteiger partial charge on any atom is 0.238 e. The minimum Gasteiger partial charge on any atom is -0.325 e. The Labute approximate surface area is 122 Å². The molecule has 1 saturated heterocycles. The van der Waals surface area contributed by atoms with Crippen LogP contribution in [0.3, 0.4) is 0 Å². The van der Waals surface area contributed by atoms with Gasteiger partial charge in [0.1, 0.15) is 0 Å². The van der Waals surface area contributed by atoms with Crippen LogP contribution in [0.1, 0.15) is 12.5 Å². The molecule has 1 aromatic carbocycles. The number of piperazine rings is 1. The topological polar surface area (TPSA) is 44.4 Å². The van der Waals surface area contributed by atoms with Gasteiger partial charge in [0.15, 0.2) is 0 Å². The van der Waals surface area contributed by atoms with Crippen LogP contribution in [0.2, 0.25) is 0 Å². The molecule has 5 heteroatoms. The molecule has 1 aromatic rings. The van der Waals surface area contributed by atoms with Gasteiger partial charge < -0.3 is 10.6 Å². The SMILES string of the molecule is Cc1cc(Br)ccc1NC(=O)CN1CCN[C@H](C)C1. The van der Waals surface area contributed by atoms with E-state index in [2.05, 4.69) is 38.4 Å². The maximum absolute atomic E-state index is 12.0. The second-order valence-corrected chi connectivity index (χ2v) is 6.01. The van der Waals surface area contributed by atoms with Gasteiger partial charge in [-0.25, -0.2) is 0 Å². The Balaban J connectivity index is 1.90. The van der Waals surface area contributed by atoms with E-state index in [0.29, 0.717) is 12.6 Å². The van der Waals surface area contributed by atoms with Crippen LogP contribution in [0, 0.1) is 6.92 Å². The molecule has 0 bridgehead atoms. The average Bonchev–Trinajstić information content (AvgIpc) is 2.33. The zero-order valence-electron chi connectivity index (χ0n) is 11.4. The lowest BCUT2D eigenvalue weighted by molar-refractivity contribution is -0.117. The normalized spacial score (nSPS) is 20.3. The third-order valence-electron chi connectivity index (χ3n) is 3.28. The molecule has 1 heterocycles. The quantitative estimate of drug-likeness (QED) is 0.893. The molecule has 1 amide bonds. The Morgan fingerprint density at radius 2 is 2.37 bits per heavy atom. The summed E-state index contributed by atoms with van der Waals surface area (Å²) in [5.74, 6) is 0.0551. The van der Waals surface area contributed by atoms with E-state index < -0.39 is 0 Å². The van der Waals surface area contributed by atoms with E-state index in [-0.39, 0.29) is 5.91 Å². The van der Waals surface area contributed by atoms with Crippen molar-refractivity contribution in [2.45, 2.75) is 19.9 Å². The first kappa shape index (κ1) is 14.5. The molecule has 1 aliphatic rings. The summed E-state index contributed by atoms with van der Waals surface area (Å²) in [4.78, 5) is 14.2. The first-order valence-electron chi connectivity index (χ1n) is 6.56. The number of amides is 1. The van der Waals surface area contributed by atoms with Crippen LogP contribution in [-0.4, -0.2) is 43.0 Å². The second kappa shape index (κ2) is 6.50. The third kappa shape index (κ3) is 4.30. The number of rotatable bonds is 3. The van der Waals surface area contributed by atoms with Crippen molar-refractivity contribution < 1.29 is 4.79 Å². The Bertz CT molecular complexity index is 464. The van der Waals surface area contributed by atoms with E-state index >= 15 is 0 Å². The lowest BCUT2D eigenvalue weighted by atomic mass is 10.2. The number of benzene rings is 1. The summed E-state index contributed by atoms with van der Waals surface area (Å²) in [7, 11) is 0. The van der Waals surface area contributed by atoms with Gasteiger partial charge in [0.05, 0.1) is 6.54 Å². The first-order valence-corrected chi connectivity index (χ1v) is 7.35. The Kier molecular flexibility index (Phi) is 4.96. The van der Waals surface area contributed by atoms with Crippen LogP contribution in [0.15, 0.2) is 22.7 Å². The molecule has 0 radical (unpaired) electrons. The number of hydrogen-bond acceptors (Lipinski definition) is 3. The summed E-state index contributed by atoms with van der Waals surface area (Å²) in [5, 5.41) is 6.35. The highest BCUT2D eigenvalue weighted by Gasteiger charge is 2.18. The molecule has 0 saturated carbocycles. The maximum atomic E-state index is 12.0. The largest absolute Gasteiger partial charge is 0.325 e. The van der Waals surface area contributed by atoms with Crippen LogP contribution in [0.25, 0.3) is 0 Å². The minimum absolute atomic E-state index is 0.0551. The molecular weight excluding hydrogens is 306 g/mol. The molecule has 0 aromatic heterocycles. The van der Waals surface area contributed by atoms with Crippen molar-refractivity contribution in [2.24, 2.45) is 0 Å².